The topological polar surface area (TPSA) is 157 Å². The fraction of sp³-hybridized carbons (Fsp3) is 0.318. The first kappa shape index (κ1) is 27.5. The molecular formula is C22H25Cl3N4O5. The molecule has 0 heterocycles. The fourth-order valence-corrected chi connectivity index (χ4v) is 3.64. The first-order valence-corrected chi connectivity index (χ1v) is 11.4. The van der Waals surface area contributed by atoms with Crippen LogP contribution in [0.1, 0.15) is 28.8 Å². The van der Waals surface area contributed by atoms with Gasteiger partial charge in [-0.3, -0.25) is 14.4 Å². The monoisotopic (exact) mass is 530 g/mol. The maximum Gasteiger partial charge on any atom is 0.257 e. The molecule has 0 saturated carbocycles. The van der Waals surface area contributed by atoms with Gasteiger partial charge < -0.3 is 31.9 Å². The Morgan fingerprint density at radius 2 is 1.71 bits per heavy atom. The van der Waals surface area contributed by atoms with E-state index in [0.717, 1.165) is 5.56 Å². The zero-order valence-electron chi connectivity index (χ0n) is 18.1. The minimum atomic E-state index is -0.732. The number of aromatic hydroxyl groups is 1. The molecule has 12 heteroatoms. The summed E-state index contributed by atoms with van der Waals surface area (Å²) in [6, 6.07) is 7.10. The molecule has 1 atom stereocenters. The third-order valence-electron chi connectivity index (χ3n) is 4.62. The van der Waals surface area contributed by atoms with Crippen LogP contribution in [0.4, 0.5) is 0 Å². The van der Waals surface area contributed by atoms with Gasteiger partial charge in [0.15, 0.2) is 5.75 Å². The molecule has 0 radical (unpaired) electrons. The number of benzene rings is 2. The molecule has 9 nitrogen and oxygen atoms in total. The van der Waals surface area contributed by atoms with Gasteiger partial charge in [-0.2, -0.15) is 0 Å². The van der Waals surface area contributed by atoms with E-state index in [-0.39, 0.29) is 44.6 Å². The molecule has 34 heavy (non-hydrogen) atoms. The highest BCUT2D eigenvalue weighted by Crippen LogP contribution is 2.39. The van der Waals surface area contributed by atoms with Gasteiger partial charge in [-0.25, -0.2) is 0 Å². The number of halogens is 3. The number of rotatable bonds is 12. The molecule has 184 valence electrons. The highest BCUT2D eigenvalue weighted by Gasteiger charge is 2.23. The molecule has 2 rings (SSSR count). The van der Waals surface area contributed by atoms with Gasteiger partial charge in [0.1, 0.15) is 11.3 Å². The summed E-state index contributed by atoms with van der Waals surface area (Å²) in [5, 5.41) is 14.4. The molecule has 0 spiro atoms. The second kappa shape index (κ2) is 13.2. The van der Waals surface area contributed by atoms with Crippen molar-refractivity contribution in [1.29, 1.82) is 0 Å². The van der Waals surface area contributed by atoms with E-state index in [1.807, 2.05) is 0 Å². The van der Waals surface area contributed by atoms with Gasteiger partial charge in [0.2, 0.25) is 11.8 Å². The molecule has 0 aliphatic heterocycles. The summed E-state index contributed by atoms with van der Waals surface area (Å²) < 4.78 is 5.67. The van der Waals surface area contributed by atoms with Gasteiger partial charge in [0.25, 0.3) is 5.91 Å². The predicted molar refractivity (Wildman–Crippen MR) is 131 cm³/mol. The summed E-state index contributed by atoms with van der Waals surface area (Å²) >= 11 is 18.3. The third kappa shape index (κ3) is 8.25. The van der Waals surface area contributed by atoms with E-state index >= 15 is 0 Å². The molecule has 2 aromatic rings. The molecule has 0 unspecified atom stereocenters. The number of carbonyl (C=O) groups excluding carboxylic acids is 3. The van der Waals surface area contributed by atoms with Gasteiger partial charge in [0.05, 0.1) is 34.3 Å². The lowest BCUT2D eigenvalue weighted by atomic mass is 10.1. The second-order valence-electron chi connectivity index (χ2n) is 7.33. The van der Waals surface area contributed by atoms with Crippen LogP contribution < -0.4 is 26.8 Å². The van der Waals surface area contributed by atoms with Crippen molar-refractivity contribution in [2.75, 3.05) is 19.7 Å². The Kier molecular flexibility index (Phi) is 10.7. The van der Waals surface area contributed by atoms with Crippen LogP contribution in [0.25, 0.3) is 0 Å². The Labute approximate surface area is 211 Å². The molecule has 0 aliphatic rings. The van der Waals surface area contributed by atoms with Crippen LogP contribution in [0, 0.1) is 0 Å². The third-order valence-corrected chi connectivity index (χ3v) is 5.69. The maximum atomic E-state index is 12.4. The van der Waals surface area contributed by atoms with E-state index in [1.54, 1.807) is 12.1 Å². The van der Waals surface area contributed by atoms with Crippen LogP contribution >= 0.6 is 34.8 Å². The molecule has 0 fully saturated rings. The number of primary amides is 1. The largest absolute Gasteiger partial charge is 0.508 e. The van der Waals surface area contributed by atoms with Crippen molar-refractivity contribution in [3.8, 4) is 11.5 Å². The van der Waals surface area contributed by atoms with Crippen molar-refractivity contribution in [3.63, 3.8) is 0 Å². The number of carbonyl (C=O) groups is 3. The second-order valence-corrected chi connectivity index (χ2v) is 8.52. The minimum absolute atomic E-state index is 0.0259. The van der Waals surface area contributed by atoms with Gasteiger partial charge in [-0.1, -0.05) is 46.9 Å². The highest BCUT2D eigenvalue weighted by atomic mass is 35.5. The van der Waals surface area contributed by atoms with Crippen molar-refractivity contribution in [3.05, 3.63) is 56.5 Å². The summed E-state index contributed by atoms with van der Waals surface area (Å²) in [5.74, 6) is -1.57. The van der Waals surface area contributed by atoms with Crippen LogP contribution in [0.15, 0.2) is 30.3 Å². The van der Waals surface area contributed by atoms with Crippen LogP contribution in [-0.4, -0.2) is 48.6 Å². The molecule has 0 aliphatic carbocycles. The molecule has 2 aromatic carbocycles. The Bertz CT molecular complexity index is 1030. The Morgan fingerprint density at radius 1 is 1.03 bits per heavy atom. The zero-order chi connectivity index (χ0) is 25.3. The summed E-state index contributed by atoms with van der Waals surface area (Å²) in [7, 11) is 0. The summed E-state index contributed by atoms with van der Waals surface area (Å²) in [4.78, 5) is 35.6. The number of hydrogen-bond acceptors (Lipinski definition) is 6. The Balaban J connectivity index is 1.83. The van der Waals surface area contributed by atoms with Gasteiger partial charge in [0, 0.05) is 6.54 Å². The summed E-state index contributed by atoms with van der Waals surface area (Å²) in [6.07, 6.45) is 1.43. The van der Waals surface area contributed by atoms with Crippen LogP contribution in [0.3, 0.4) is 0 Å². The lowest BCUT2D eigenvalue weighted by Gasteiger charge is -2.16. The summed E-state index contributed by atoms with van der Waals surface area (Å²) in [6.45, 7) is 0.142. The number of ether oxygens (including phenoxy) is 1. The number of amides is 3. The van der Waals surface area contributed by atoms with Crippen molar-refractivity contribution >= 4 is 52.5 Å². The number of phenols is 1. The molecule has 7 N–H and O–H groups in total. The molecule has 0 bridgehead atoms. The minimum Gasteiger partial charge on any atom is -0.508 e. The predicted octanol–water partition coefficient (Wildman–Crippen LogP) is 2.41. The Morgan fingerprint density at radius 3 is 2.35 bits per heavy atom. The van der Waals surface area contributed by atoms with E-state index in [0.29, 0.717) is 25.8 Å². The lowest BCUT2D eigenvalue weighted by Crippen LogP contribution is -2.42. The van der Waals surface area contributed by atoms with Gasteiger partial charge >= 0.3 is 0 Å². The normalized spacial score (nSPS) is 11.5. The average Bonchev–Trinajstić information content (AvgIpc) is 2.78. The number of unbranched alkanes of at least 4 members (excludes halogenated alkanes) is 1. The van der Waals surface area contributed by atoms with E-state index in [2.05, 4.69) is 10.6 Å². The van der Waals surface area contributed by atoms with Gasteiger partial charge in [-0.15, -0.1) is 0 Å². The lowest BCUT2D eigenvalue weighted by molar-refractivity contribution is -0.122. The SMILES string of the molecule is NC(=O)CNC(=O)c1c(Cl)c(Cl)cc(Cl)c1OCCCCNC(=O)[C@@H](N)Cc1ccc(O)cc1. The molecule has 0 saturated heterocycles. The van der Waals surface area contributed by atoms with E-state index < -0.39 is 24.4 Å². The Hall–Kier alpha value is -2.72. The molecule has 0 aromatic heterocycles. The first-order valence-electron chi connectivity index (χ1n) is 10.3. The first-order chi connectivity index (χ1) is 16.1. The van der Waals surface area contributed by atoms with Crippen LogP contribution in [0.2, 0.25) is 15.1 Å². The maximum absolute atomic E-state index is 12.4. The highest BCUT2D eigenvalue weighted by molar-refractivity contribution is 6.45. The van der Waals surface area contributed by atoms with E-state index in [4.69, 9.17) is 51.0 Å². The van der Waals surface area contributed by atoms with Crippen molar-refractivity contribution in [2.24, 2.45) is 11.5 Å². The van der Waals surface area contributed by atoms with Crippen LogP contribution in [0.5, 0.6) is 11.5 Å². The van der Waals surface area contributed by atoms with E-state index in [1.165, 1.54) is 18.2 Å². The zero-order valence-corrected chi connectivity index (χ0v) is 20.3. The van der Waals surface area contributed by atoms with Crippen molar-refractivity contribution in [2.45, 2.75) is 25.3 Å². The summed E-state index contributed by atoms with van der Waals surface area (Å²) in [5.41, 5.74) is 11.7. The van der Waals surface area contributed by atoms with Gasteiger partial charge in [-0.05, 0) is 43.0 Å². The number of phenolic OH excluding ortho intramolecular Hbond substituents is 1. The molecular weight excluding hydrogens is 507 g/mol. The van der Waals surface area contributed by atoms with Crippen molar-refractivity contribution < 1.29 is 24.2 Å². The number of nitrogens with one attached hydrogen (secondary N) is 2. The quantitative estimate of drug-likeness (QED) is 0.209. The average molecular weight is 532 g/mol. The molecule has 3 amide bonds. The number of hydrogen-bond donors (Lipinski definition) is 5. The van der Waals surface area contributed by atoms with Crippen molar-refractivity contribution in [1.82, 2.24) is 10.6 Å². The standard InChI is InChI=1S/C22H25Cl3N4O5/c23-14-10-15(24)20(18(19(14)25)22(33)29-11-17(27)31)34-8-2-1-7-28-21(32)16(26)9-12-3-5-13(30)6-4-12/h3-6,10,16,30H,1-2,7-9,11,26H2,(H2,27,31)(H,28,32)(H,29,33)/t16-/m0/s1. The number of nitrogens with two attached hydrogens (primary N) is 2. The van der Waals surface area contributed by atoms with Crippen LogP contribution in [-0.2, 0) is 16.0 Å². The smallest absolute Gasteiger partial charge is 0.257 e. The fourth-order valence-electron chi connectivity index (χ4n) is 2.90. The van der Waals surface area contributed by atoms with E-state index in [9.17, 15) is 19.5 Å².